The molecule has 27 heavy (non-hydrogen) atoms. The number of carbonyl (C=O) groups excluding carboxylic acids is 1. The molecule has 0 aliphatic rings. The number of allylic oxidation sites excluding steroid dienone is 3. The molecule has 0 aliphatic heterocycles. The van der Waals surface area contributed by atoms with Crippen LogP contribution in [0.2, 0.25) is 0 Å². The number of amides is 1. The smallest absolute Gasteiger partial charge is 0.267 e. The van der Waals surface area contributed by atoms with Crippen molar-refractivity contribution in [1.82, 2.24) is 10.8 Å². The molecular weight excluding hydrogens is 343 g/mol. The lowest BCUT2D eigenvalue weighted by Crippen LogP contribution is -2.14. The van der Waals surface area contributed by atoms with Gasteiger partial charge in [0.05, 0.1) is 0 Å². The van der Waals surface area contributed by atoms with Crippen LogP contribution in [0, 0.1) is 11.7 Å². The Kier molecular flexibility index (Phi) is 10.1. The van der Waals surface area contributed by atoms with Gasteiger partial charge in [-0.15, -0.1) is 0 Å². The maximum Gasteiger partial charge on any atom is 0.267 e. The summed E-state index contributed by atoms with van der Waals surface area (Å²) < 4.78 is 14.2. The molecule has 1 rings (SSSR count). The molecule has 1 amide bonds. The van der Waals surface area contributed by atoms with Crippen LogP contribution in [-0.2, 0) is 11.3 Å². The van der Waals surface area contributed by atoms with Crippen LogP contribution in [0.3, 0.4) is 0 Å². The van der Waals surface area contributed by atoms with Crippen molar-refractivity contribution in [2.24, 2.45) is 5.92 Å². The van der Waals surface area contributed by atoms with Gasteiger partial charge < -0.3 is 5.32 Å². The molecule has 0 aromatic heterocycles. The Morgan fingerprint density at radius 1 is 1.26 bits per heavy atom. The van der Waals surface area contributed by atoms with Gasteiger partial charge in [-0.2, -0.15) is 0 Å². The first-order valence-electron chi connectivity index (χ1n) is 9.30. The third-order valence-electron chi connectivity index (χ3n) is 4.55. The average Bonchev–Trinajstić information content (AvgIpc) is 2.66. The lowest BCUT2D eigenvalue weighted by molar-refractivity contribution is -0.124. The molecule has 148 valence electrons. The minimum absolute atomic E-state index is 0.338. The summed E-state index contributed by atoms with van der Waals surface area (Å²) >= 11 is 0. The van der Waals surface area contributed by atoms with E-state index in [1.165, 1.54) is 28.8 Å². The average molecular weight is 375 g/mol. The van der Waals surface area contributed by atoms with Gasteiger partial charge in [0.1, 0.15) is 5.82 Å². The first-order valence-corrected chi connectivity index (χ1v) is 9.30. The van der Waals surface area contributed by atoms with Crippen molar-refractivity contribution < 1.29 is 14.4 Å². The summed E-state index contributed by atoms with van der Waals surface area (Å²) in [4.78, 5) is 11.0. The van der Waals surface area contributed by atoms with Crippen molar-refractivity contribution >= 4 is 12.0 Å². The summed E-state index contributed by atoms with van der Waals surface area (Å²) in [6.45, 7) is 8.94. The van der Waals surface area contributed by atoms with Crippen LogP contribution >= 0.6 is 0 Å². The second-order valence-corrected chi connectivity index (χ2v) is 6.85. The highest BCUT2D eigenvalue weighted by Gasteiger charge is 2.08. The van der Waals surface area contributed by atoms with Crippen molar-refractivity contribution in [3.8, 4) is 0 Å². The molecule has 0 radical (unpaired) electrons. The maximum atomic E-state index is 14.2. The van der Waals surface area contributed by atoms with Gasteiger partial charge in [0, 0.05) is 18.2 Å². The molecule has 0 bridgehead atoms. The summed E-state index contributed by atoms with van der Waals surface area (Å²) in [5.74, 6) is -0.370. The first-order chi connectivity index (χ1) is 12.9. The molecule has 0 spiro atoms. The predicted molar refractivity (Wildman–Crippen MR) is 108 cm³/mol. The van der Waals surface area contributed by atoms with Crippen LogP contribution in [0.25, 0.3) is 6.08 Å². The highest BCUT2D eigenvalue weighted by atomic mass is 19.1. The molecule has 0 saturated carbocycles. The number of carbonyl (C=O) groups is 1. The highest BCUT2D eigenvalue weighted by Crippen LogP contribution is 2.22. The highest BCUT2D eigenvalue weighted by molar-refractivity contribution is 5.90. The van der Waals surface area contributed by atoms with Crippen molar-refractivity contribution in [1.29, 1.82) is 0 Å². The van der Waals surface area contributed by atoms with Gasteiger partial charge >= 0.3 is 0 Å². The Bertz CT molecular complexity index is 708. The SMILES string of the molecule is C/C=C(\C)CC(CC)C/C(C)=C\NCc1ccc(/C=C/C(=O)NO)cc1F. The Balaban J connectivity index is 2.60. The van der Waals surface area contributed by atoms with Crippen LogP contribution in [0.1, 0.15) is 58.1 Å². The Hall–Kier alpha value is -2.40. The zero-order chi connectivity index (χ0) is 20.2. The summed E-state index contributed by atoms with van der Waals surface area (Å²) in [5.41, 5.74) is 5.26. The van der Waals surface area contributed by atoms with E-state index in [1.54, 1.807) is 12.1 Å². The lowest BCUT2D eigenvalue weighted by atomic mass is 9.91. The number of rotatable bonds is 10. The fourth-order valence-electron chi connectivity index (χ4n) is 2.80. The maximum absolute atomic E-state index is 14.2. The van der Waals surface area contributed by atoms with E-state index in [1.807, 2.05) is 6.20 Å². The molecule has 1 unspecified atom stereocenters. The Labute approximate surface area is 161 Å². The molecule has 1 atom stereocenters. The molecule has 1 aromatic carbocycles. The fourth-order valence-corrected chi connectivity index (χ4v) is 2.80. The molecular formula is C22H31FN2O2. The third-order valence-corrected chi connectivity index (χ3v) is 4.55. The van der Waals surface area contributed by atoms with Crippen LogP contribution in [0.4, 0.5) is 4.39 Å². The quantitative estimate of drug-likeness (QED) is 0.231. The molecule has 0 heterocycles. The minimum Gasteiger partial charge on any atom is -0.387 e. The van der Waals surface area contributed by atoms with Crippen LogP contribution in [0.15, 0.2) is 47.7 Å². The minimum atomic E-state index is -0.656. The van der Waals surface area contributed by atoms with E-state index in [4.69, 9.17) is 5.21 Å². The van der Waals surface area contributed by atoms with Crippen LogP contribution < -0.4 is 10.8 Å². The van der Waals surface area contributed by atoms with Gasteiger partial charge in [-0.25, -0.2) is 9.87 Å². The molecule has 0 saturated heterocycles. The van der Waals surface area contributed by atoms with Gasteiger partial charge in [0.2, 0.25) is 0 Å². The zero-order valence-electron chi connectivity index (χ0n) is 16.7. The second-order valence-electron chi connectivity index (χ2n) is 6.85. The van der Waals surface area contributed by atoms with E-state index < -0.39 is 5.91 Å². The topological polar surface area (TPSA) is 61.4 Å². The van der Waals surface area contributed by atoms with Crippen molar-refractivity contribution in [2.75, 3.05) is 0 Å². The largest absolute Gasteiger partial charge is 0.387 e. The third kappa shape index (κ3) is 8.69. The van der Waals surface area contributed by atoms with E-state index in [-0.39, 0.29) is 5.82 Å². The number of halogens is 1. The first kappa shape index (κ1) is 22.6. The molecule has 0 aliphatic carbocycles. The standard InChI is InChI=1S/C22H31FN2O2/c1-5-16(3)11-18(6-2)12-17(4)14-24-15-20-9-7-19(13-21(20)23)8-10-22(26)25-27/h5,7-10,13-14,18,24,27H,6,11-12,15H2,1-4H3,(H,25,26)/b10-8+,16-5+,17-14-. The number of hydroxylamine groups is 1. The summed E-state index contributed by atoms with van der Waals surface area (Å²) in [5, 5.41) is 11.6. The zero-order valence-corrected chi connectivity index (χ0v) is 16.7. The number of hydrogen-bond acceptors (Lipinski definition) is 3. The summed E-state index contributed by atoms with van der Waals surface area (Å²) in [7, 11) is 0. The fraction of sp³-hybridized carbons (Fsp3) is 0.409. The van der Waals surface area contributed by atoms with Gasteiger partial charge in [0.25, 0.3) is 5.91 Å². The predicted octanol–water partition coefficient (Wildman–Crippen LogP) is 5.11. The molecule has 4 nitrogen and oxygen atoms in total. The summed E-state index contributed by atoms with van der Waals surface area (Å²) in [6.07, 6.45) is 9.97. The number of nitrogens with one attached hydrogen (secondary N) is 2. The molecule has 5 heteroatoms. The van der Waals surface area contributed by atoms with Crippen molar-refractivity contribution in [3.05, 3.63) is 64.6 Å². The number of hydrogen-bond donors (Lipinski definition) is 3. The number of benzene rings is 1. The van der Waals surface area contributed by atoms with Crippen molar-refractivity contribution in [3.63, 3.8) is 0 Å². The van der Waals surface area contributed by atoms with Gasteiger partial charge in [-0.1, -0.05) is 42.7 Å². The van der Waals surface area contributed by atoms with Crippen molar-refractivity contribution in [2.45, 2.75) is 53.5 Å². The van der Waals surface area contributed by atoms with E-state index >= 15 is 0 Å². The normalized spacial score (nSPS) is 13.7. The monoisotopic (exact) mass is 374 g/mol. The Morgan fingerprint density at radius 3 is 2.56 bits per heavy atom. The molecule has 1 aromatic rings. The van der Waals surface area contributed by atoms with E-state index in [0.717, 1.165) is 25.3 Å². The van der Waals surface area contributed by atoms with E-state index in [0.29, 0.717) is 23.6 Å². The Morgan fingerprint density at radius 2 is 1.96 bits per heavy atom. The van der Waals surface area contributed by atoms with Gasteiger partial charge in [0.15, 0.2) is 0 Å². The second kappa shape index (κ2) is 12.1. The van der Waals surface area contributed by atoms with E-state index in [9.17, 15) is 9.18 Å². The van der Waals surface area contributed by atoms with Gasteiger partial charge in [-0.3, -0.25) is 10.0 Å². The van der Waals surface area contributed by atoms with E-state index in [2.05, 4.69) is 39.1 Å². The summed E-state index contributed by atoms with van der Waals surface area (Å²) in [6, 6.07) is 4.78. The molecule has 3 N–H and O–H groups in total. The lowest BCUT2D eigenvalue weighted by Gasteiger charge is -2.16. The van der Waals surface area contributed by atoms with Crippen LogP contribution in [-0.4, -0.2) is 11.1 Å². The van der Waals surface area contributed by atoms with Crippen LogP contribution in [0.5, 0.6) is 0 Å². The van der Waals surface area contributed by atoms with Gasteiger partial charge in [-0.05, 0) is 63.4 Å². The molecule has 0 fully saturated rings.